The lowest BCUT2D eigenvalue weighted by molar-refractivity contribution is -0.134. The number of nitrogens with one attached hydrogen (secondary N) is 2. The molecular formula is C19H28N2O3. The lowest BCUT2D eigenvalue weighted by Crippen LogP contribution is -2.40. The predicted octanol–water partition coefficient (Wildman–Crippen LogP) is 2.86. The van der Waals surface area contributed by atoms with Crippen molar-refractivity contribution < 1.29 is 14.3 Å². The number of benzene rings is 1. The Morgan fingerprint density at radius 1 is 1.12 bits per heavy atom. The molecule has 0 atom stereocenters. The summed E-state index contributed by atoms with van der Waals surface area (Å²) in [7, 11) is 1.63. The number of hydrogen-bond acceptors (Lipinski definition) is 3. The molecule has 1 aliphatic rings. The molecule has 0 heterocycles. The molecule has 1 aliphatic carbocycles. The Morgan fingerprint density at radius 2 is 1.75 bits per heavy atom. The maximum absolute atomic E-state index is 12.5. The molecule has 1 fully saturated rings. The van der Waals surface area contributed by atoms with E-state index in [0.29, 0.717) is 26.0 Å². The highest BCUT2D eigenvalue weighted by molar-refractivity contribution is 6.13. The number of anilines is 1. The van der Waals surface area contributed by atoms with Crippen molar-refractivity contribution in [3.8, 4) is 0 Å². The quantitative estimate of drug-likeness (QED) is 0.596. The molecule has 24 heavy (non-hydrogen) atoms. The number of hydrogen-bond donors (Lipinski definition) is 2. The van der Waals surface area contributed by atoms with E-state index in [1.165, 1.54) is 5.56 Å². The first-order valence-corrected chi connectivity index (χ1v) is 8.49. The molecule has 0 aliphatic heterocycles. The van der Waals surface area contributed by atoms with Crippen LogP contribution in [-0.4, -0.2) is 32.1 Å². The summed E-state index contributed by atoms with van der Waals surface area (Å²) in [6, 6.07) is 7.82. The van der Waals surface area contributed by atoms with E-state index in [4.69, 9.17) is 4.74 Å². The van der Waals surface area contributed by atoms with Crippen molar-refractivity contribution in [3.63, 3.8) is 0 Å². The van der Waals surface area contributed by atoms with Crippen LogP contribution in [0.4, 0.5) is 5.69 Å². The van der Waals surface area contributed by atoms with Crippen molar-refractivity contribution in [2.45, 2.75) is 45.4 Å². The van der Waals surface area contributed by atoms with E-state index in [0.717, 1.165) is 12.1 Å². The van der Waals surface area contributed by atoms with Gasteiger partial charge < -0.3 is 15.4 Å². The smallest absolute Gasteiger partial charge is 0.240 e. The van der Waals surface area contributed by atoms with Gasteiger partial charge in [-0.1, -0.05) is 32.9 Å². The molecular weight excluding hydrogens is 304 g/mol. The number of ether oxygens (including phenoxy) is 1. The third-order valence-corrected chi connectivity index (χ3v) is 4.44. The standard InChI is InChI=1S/C19H28N2O3/c1-18(2,3)14-6-8-15(9-7-14)21-17(23)19(10-11-19)16(22)20-12-5-13-24-4/h6-9H,5,10-13H2,1-4H3,(H,20,22)(H,21,23). The van der Waals surface area contributed by atoms with Gasteiger partial charge in [-0.25, -0.2) is 0 Å². The van der Waals surface area contributed by atoms with Crippen molar-refractivity contribution in [2.75, 3.05) is 25.6 Å². The molecule has 5 heteroatoms. The van der Waals surface area contributed by atoms with Gasteiger partial charge >= 0.3 is 0 Å². The Kier molecular flexibility index (Phi) is 5.65. The topological polar surface area (TPSA) is 67.4 Å². The first-order valence-electron chi connectivity index (χ1n) is 8.49. The number of carbonyl (C=O) groups is 2. The molecule has 0 bridgehead atoms. The average Bonchev–Trinajstić information content (AvgIpc) is 3.33. The fourth-order valence-electron chi connectivity index (χ4n) is 2.57. The third kappa shape index (κ3) is 4.35. The zero-order chi connectivity index (χ0) is 17.8. The Labute approximate surface area is 144 Å². The van der Waals surface area contributed by atoms with Crippen molar-refractivity contribution in [3.05, 3.63) is 29.8 Å². The highest BCUT2D eigenvalue weighted by atomic mass is 16.5. The molecule has 0 radical (unpaired) electrons. The van der Waals surface area contributed by atoms with Crippen LogP contribution in [0.3, 0.4) is 0 Å². The number of carbonyl (C=O) groups excluding carboxylic acids is 2. The maximum Gasteiger partial charge on any atom is 0.240 e. The fourth-order valence-corrected chi connectivity index (χ4v) is 2.57. The molecule has 2 rings (SSSR count). The van der Waals surface area contributed by atoms with Crippen LogP contribution < -0.4 is 10.6 Å². The summed E-state index contributed by atoms with van der Waals surface area (Å²) in [5.74, 6) is -0.391. The minimum atomic E-state index is -0.893. The van der Waals surface area contributed by atoms with Crippen LogP contribution in [-0.2, 0) is 19.7 Å². The molecule has 5 nitrogen and oxygen atoms in total. The van der Waals surface area contributed by atoms with Crippen LogP contribution in [0.1, 0.15) is 45.6 Å². The molecule has 2 N–H and O–H groups in total. The summed E-state index contributed by atoms with van der Waals surface area (Å²) >= 11 is 0. The Morgan fingerprint density at radius 3 is 2.25 bits per heavy atom. The Bertz CT molecular complexity index is 584. The first-order chi connectivity index (χ1) is 11.3. The lowest BCUT2D eigenvalue weighted by Gasteiger charge is -2.20. The molecule has 1 saturated carbocycles. The van der Waals surface area contributed by atoms with Gasteiger partial charge in [-0.2, -0.15) is 0 Å². The Balaban J connectivity index is 1.93. The molecule has 0 spiro atoms. The van der Waals surface area contributed by atoms with Gasteiger partial charge in [0.05, 0.1) is 0 Å². The normalized spacial score (nSPS) is 15.7. The van der Waals surface area contributed by atoms with E-state index in [-0.39, 0.29) is 17.2 Å². The number of methoxy groups -OCH3 is 1. The molecule has 0 unspecified atom stereocenters. The summed E-state index contributed by atoms with van der Waals surface area (Å²) in [6.45, 7) is 7.57. The number of amides is 2. The zero-order valence-electron chi connectivity index (χ0n) is 15.1. The minimum absolute atomic E-state index is 0.0718. The van der Waals surface area contributed by atoms with Crippen molar-refractivity contribution in [1.82, 2.24) is 5.32 Å². The monoisotopic (exact) mass is 332 g/mol. The van der Waals surface area contributed by atoms with Gasteiger partial charge in [0.2, 0.25) is 11.8 Å². The van der Waals surface area contributed by atoms with Crippen LogP contribution in [0.25, 0.3) is 0 Å². The Hall–Kier alpha value is -1.88. The van der Waals surface area contributed by atoms with Crippen LogP contribution in [0, 0.1) is 5.41 Å². The van der Waals surface area contributed by atoms with E-state index >= 15 is 0 Å². The second kappa shape index (κ2) is 7.34. The average molecular weight is 332 g/mol. The van der Waals surface area contributed by atoms with Gasteiger partial charge in [0.1, 0.15) is 5.41 Å². The highest BCUT2D eigenvalue weighted by Crippen LogP contribution is 2.46. The molecule has 0 saturated heterocycles. The summed E-state index contributed by atoms with van der Waals surface area (Å²) in [5, 5.41) is 5.72. The van der Waals surface area contributed by atoms with E-state index in [9.17, 15) is 9.59 Å². The maximum atomic E-state index is 12.5. The van der Waals surface area contributed by atoms with Crippen molar-refractivity contribution in [1.29, 1.82) is 0 Å². The van der Waals surface area contributed by atoms with Gasteiger partial charge in [-0.3, -0.25) is 9.59 Å². The molecule has 132 valence electrons. The number of rotatable bonds is 7. The van der Waals surface area contributed by atoms with Gasteiger partial charge in [0, 0.05) is 25.9 Å². The van der Waals surface area contributed by atoms with Gasteiger partial charge in [-0.05, 0) is 42.4 Å². The SMILES string of the molecule is COCCCNC(=O)C1(C(=O)Nc2ccc(C(C)(C)C)cc2)CC1. The van der Waals surface area contributed by atoms with E-state index in [2.05, 4.69) is 31.4 Å². The molecule has 0 aromatic heterocycles. The van der Waals surface area contributed by atoms with Gasteiger partial charge in [0.25, 0.3) is 0 Å². The highest BCUT2D eigenvalue weighted by Gasteiger charge is 2.56. The molecule has 1 aromatic rings. The van der Waals surface area contributed by atoms with Gasteiger partial charge in [0.15, 0.2) is 0 Å². The van der Waals surface area contributed by atoms with E-state index < -0.39 is 5.41 Å². The summed E-state index contributed by atoms with van der Waals surface area (Å²) < 4.78 is 4.95. The van der Waals surface area contributed by atoms with Crippen LogP contribution in [0.15, 0.2) is 24.3 Å². The van der Waals surface area contributed by atoms with E-state index in [1.807, 2.05) is 24.3 Å². The van der Waals surface area contributed by atoms with Crippen molar-refractivity contribution >= 4 is 17.5 Å². The second-order valence-corrected chi connectivity index (χ2v) is 7.47. The summed E-state index contributed by atoms with van der Waals surface area (Å²) in [5.41, 5.74) is 1.11. The van der Waals surface area contributed by atoms with Crippen LogP contribution >= 0.6 is 0 Å². The third-order valence-electron chi connectivity index (χ3n) is 4.44. The first kappa shape index (κ1) is 18.5. The largest absolute Gasteiger partial charge is 0.385 e. The van der Waals surface area contributed by atoms with Crippen LogP contribution in [0.2, 0.25) is 0 Å². The molecule has 2 amide bonds. The summed E-state index contributed by atoms with van der Waals surface area (Å²) in [4.78, 5) is 24.8. The van der Waals surface area contributed by atoms with Crippen molar-refractivity contribution in [2.24, 2.45) is 5.41 Å². The van der Waals surface area contributed by atoms with E-state index in [1.54, 1.807) is 7.11 Å². The minimum Gasteiger partial charge on any atom is -0.385 e. The van der Waals surface area contributed by atoms with Crippen LogP contribution in [0.5, 0.6) is 0 Å². The zero-order valence-corrected chi connectivity index (χ0v) is 15.1. The van der Waals surface area contributed by atoms with Gasteiger partial charge in [-0.15, -0.1) is 0 Å². The second-order valence-electron chi connectivity index (χ2n) is 7.47. The molecule has 1 aromatic carbocycles. The summed E-state index contributed by atoms with van der Waals surface area (Å²) in [6.07, 6.45) is 1.96. The lowest BCUT2D eigenvalue weighted by atomic mass is 9.87. The fraction of sp³-hybridized carbons (Fsp3) is 0.579. The predicted molar refractivity (Wildman–Crippen MR) is 94.9 cm³/mol.